The Morgan fingerprint density at radius 3 is 2.52 bits per heavy atom. The van der Waals surface area contributed by atoms with Gasteiger partial charge in [-0.15, -0.1) is 0 Å². The van der Waals surface area contributed by atoms with E-state index in [1.165, 1.54) is 0 Å². The number of nitro groups is 1. The van der Waals surface area contributed by atoms with Gasteiger partial charge in [0.1, 0.15) is 6.10 Å². The van der Waals surface area contributed by atoms with E-state index in [0.717, 1.165) is 23.8 Å². The first-order chi connectivity index (χ1) is 9.99. The number of halogens is 1. The maximum Gasteiger partial charge on any atom is 0.338 e. The normalized spacial score (nSPS) is 11.7. The molecule has 6 heteroatoms. The van der Waals surface area contributed by atoms with Crippen molar-refractivity contribution in [3.63, 3.8) is 0 Å². The van der Waals surface area contributed by atoms with Crippen LogP contribution < -0.4 is 0 Å². The Morgan fingerprint density at radius 1 is 1.24 bits per heavy atom. The fourth-order valence-corrected chi connectivity index (χ4v) is 1.80. The van der Waals surface area contributed by atoms with Crippen LogP contribution in [0.2, 0.25) is 0 Å². The monoisotopic (exact) mass is 289 g/mol. The molecule has 0 heterocycles. The topological polar surface area (TPSA) is 69.4 Å². The fourth-order valence-electron chi connectivity index (χ4n) is 1.80. The van der Waals surface area contributed by atoms with Crippen LogP contribution in [-0.4, -0.2) is 10.9 Å². The Bertz CT molecular complexity index is 673. The summed E-state index contributed by atoms with van der Waals surface area (Å²) in [4.78, 5) is 21.7. The van der Waals surface area contributed by atoms with E-state index in [4.69, 9.17) is 4.74 Å². The fraction of sp³-hybridized carbons (Fsp3) is 0.133. The average molecular weight is 289 g/mol. The smallest absolute Gasteiger partial charge is 0.338 e. The lowest BCUT2D eigenvalue weighted by molar-refractivity contribution is -0.387. The number of hydrogen-bond acceptors (Lipinski definition) is 4. The van der Waals surface area contributed by atoms with Gasteiger partial charge in [-0.25, -0.2) is 4.79 Å². The van der Waals surface area contributed by atoms with Crippen LogP contribution in [-0.2, 0) is 4.74 Å². The molecule has 0 saturated carbocycles. The average Bonchev–Trinajstić information content (AvgIpc) is 2.48. The SMILES string of the molecule is CC(OC(=O)c1ccc(F)c([N+](=O)[O-])c1)c1ccccc1. The van der Waals surface area contributed by atoms with Crippen molar-refractivity contribution < 1.29 is 18.8 Å². The first-order valence-electron chi connectivity index (χ1n) is 6.19. The second-order valence-corrected chi connectivity index (χ2v) is 4.38. The van der Waals surface area contributed by atoms with Crippen LogP contribution in [0.15, 0.2) is 48.5 Å². The molecular formula is C15H12FNO4. The third-order valence-electron chi connectivity index (χ3n) is 2.93. The zero-order valence-electron chi connectivity index (χ0n) is 11.2. The van der Waals surface area contributed by atoms with E-state index < -0.39 is 28.5 Å². The Balaban J connectivity index is 2.17. The third-order valence-corrected chi connectivity index (χ3v) is 2.93. The van der Waals surface area contributed by atoms with Gasteiger partial charge in [0, 0.05) is 6.07 Å². The number of benzene rings is 2. The van der Waals surface area contributed by atoms with Gasteiger partial charge >= 0.3 is 11.7 Å². The van der Waals surface area contributed by atoms with Gasteiger partial charge in [-0.3, -0.25) is 10.1 Å². The van der Waals surface area contributed by atoms with E-state index in [9.17, 15) is 19.3 Å². The molecule has 2 aromatic rings. The number of esters is 1. The van der Waals surface area contributed by atoms with Crippen molar-refractivity contribution in [1.29, 1.82) is 0 Å². The predicted molar refractivity (Wildman–Crippen MR) is 73.3 cm³/mol. The van der Waals surface area contributed by atoms with Crippen molar-refractivity contribution in [2.45, 2.75) is 13.0 Å². The molecule has 0 aliphatic rings. The summed E-state index contributed by atoms with van der Waals surface area (Å²) in [6.45, 7) is 1.69. The molecule has 1 unspecified atom stereocenters. The zero-order valence-corrected chi connectivity index (χ0v) is 11.2. The van der Waals surface area contributed by atoms with E-state index in [1.807, 2.05) is 18.2 Å². The van der Waals surface area contributed by atoms with E-state index in [-0.39, 0.29) is 5.56 Å². The molecule has 5 nitrogen and oxygen atoms in total. The van der Waals surface area contributed by atoms with E-state index in [1.54, 1.807) is 19.1 Å². The van der Waals surface area contributed by atoms with Gasteiger partial charge in [0.25, 0.3) is 0 Å². The summed E-state index contributed by atoms with van der Waals surface area (Å²) >= 11 is 0. The Morgan fingerprint density at radius 2 is 1.90 bits per heavy atom. The van der Waals surface area contributed by atoms with E-state index in [2.05, 4.69) is 0 Å². The lowest BCUT2D eigenvalue weighted by atomic mass is 10.1. The minimum atomic E-state index is -0.993. The Labute approximate surface area is 120 Å². The molecule has 0 bridgehead atoms. The molecule has 1 atom stereocenters. The quantitative estimate of drug-likeness (QED) is 0.489. The molecule has 0 saturated heterocycles. The molecule has 2 aromatic carbocycles. The molecule has 0 fully saturated rings. The second kappa shape index (κ2) is 6.13. The summed E-state index contributed by atoms with van der Waals surface area (Å²) in [6.07, 6.45) is -0.511. The molecule has 0 aromatic heterocycles. The molecule has 2 rings (SSSR count). The highest BCUT2D eigenvalue weighted by Crippen LogP contribution is 2.22. The van der Waals surface area contributed by atoms with E-state index in [0.29, 0.717) is 0 Å². The molecule has 0 radical (unpaired) electrons. The zero-order chi connectivity index (χ0) is 15.4. The van der Waals surface area contributed by atoms with Crippen LogP contribution in [0.1, 0.15) is 28.9 Å². The van der Waals surface area contributed by atoms with Crippen molar-refractivity contribution in [2.24, 2.45) is 0 Å². The van der Waals surface area contributed by atoms with Crippen molar-refractivity contribution in [3.05, 3.63) is 75.6 Å². The van der Waals surface area contributed by atoms with Crippen LogP contribution in [0.3, 0.4) is 0 Å². The molecule has 108 valence electrons. The summed E-state index contributed by atoms with van der Waals surface area (Å²) < 4.78 is 18.4. The molecule has 0 aliphatic heterocycles. The van der Waals surface area contributed by atoms with Crippen LogP contribution in [0.25, 0.3) is 0 Å². The van der Waals surface area contributed by atoms with Crippen molar-refractivity contribution in [1.82, 2.24) is 0 Å². The number of carbonyl (C=O) groups excluding carboxylic acids is 1. The van der Waals surface area contributed by atoms with E-state index >= 15 is 0 Å². The summed E-state index contributed by atoms with van der Waals surface area (Å²) in [5.74, 6) is -1.73. The predicted octanol–water partition coefficient (Wildman–Crippen LogP) is 3.65. The summed E-state index contributed by atoms with van der Waals surface area (Å²) in [5.41, 5.74) is -0.0230. The highest BCUT2D eigenvalue weighted by molar-refractivity contribution is 5.90. The lowest BCUT2D eigenvalue weighted by Crippen LogP contribution is -2.10. The summed E-state index contributed by atoms with van der Waals surface area (Å²) in [7, 11) is 0. The minimum Gasteiger partial charge on any atom is -0.454 e. The van der Waals surface area contributed by atoms with Crippen molar-refractivity contribution in [3.8, 4) is 0 Å². The number of rotatable bonds is 4. The highest BCUT2D eigenvalue weighted by atomic mass is 19.1. The minimum absolute atomic E-state index is 0.0640. The van der Waals surface area contributed by atoms with Gasteiger partial charge in [-0.2, -0.15) is 4.39 Å². The first-order valence-corrected chi connectivity index (χ1v) is 6.19. The van der Waals surface area contributed by atoms with Gasteiger partial charge in [0.05, 0.1) is 10.5 Å². The first kappa shape index (κ1) is 14.6. The lowest BCUT2D eigenvalue weighted by Gasteiger charge is -2.13. The maximum atomic E-state index is 13.2. The largest absolute Gasteiger partial charge is 0.454 e. The number of nitrogens with zero attached hydrogens (tertiary/aromatic N) is 1. The Hall–Kier alpha value is -2.76. The highest BCUT2D eigenvalue weighted by Gasteiger charge is 2.20. The van der Waals surface area contributed by atoms with Crippen molar-refractivity contribution >= 4 is 11.7 Å². The van der Waals surface area contributed by atoms with Gasteiger partial charge in [-0.1, -0.05) is 30.3 Å². The van der Waals surface area contributed by atoms with Gasteiger partial charge in [0.15, 0.2) is 0 Å². The molecule has 0 aliphatic carbocycles. The van der Waals surface area contributed by atoms with Gasteiger partial charge in [0.2, 0.25) is 5.82 Å². The number of ether oxygens (including phenoxy) is 1. The van der Waals surface area contributed by atoms with Gasteiger partial charge in [-0.05, 0) is 24.6 Å². The number of hydrogen-bond donors (Lipinski definition) is 0. The maximum absolute atomic E-state index is 13.2. The molecular weight excluding hydrogens is 277 g/mol. The Kier molecular flexibility index (Phi) is 4.27. The molecule has 0 spiro atoms. The van der Waals surface area contributed by atoms with Crippen LogP contribution in [0.4, 0.5) is 10.1 Å². The summed E-state index contributed by atoms with van der Waals surface area (Å²) in [5, 5.41) is 10.7. The second-order valence-electron chi connectivity index (χ2n) is 4.38. The molecule has 0 amide bonds. The van der Waals surface area contributed by atoms with Crippen LogP contribution in [0, 0.1) is 15.9 Å². The van der Waals surface area contributed by atoms with Crippen LogP contribution >= 0.6 is 0 Å². The molecule has 21 heavy (non-hydrogen) atoms. The third kappa shape index (κ3) is 3.42. The number of nitro benzene ring substituents is 1. The molecule has 0 N–H and O–H groups in total. The summed E-state index contributed by atoms with van der Waals surface area (Å²) in [6, 6.07) is 11.9. The van der Waals surface area contributed by atoms with Gasteiger partial charge < -0.3 is 4.74 Å². The van der Waals surface area contributed by atoms with Crippen LogP contribution in [0.5, 0.6) is 0 Å². The number of carbonyl (C=O) groups is 1. The standard InChI is InChI=1S/C15H12FNO4/c1-10(11-5-3-2-4-6-11)21-15(18)12-7-8-13(16)14(9-12)17(19)20/h2-10H,1H3. The van der Waals surface area contributed by atoms with Crippen molar-refractivity contribution in [2.75, 3.05) is 0 Å².